The third-order valence-electron chi connectivity index (χ3n) is 4.75. The van der Waals surface area contributed by atoms with E-state index in [1.807, 2.05) is 12.1 Å². The molecule has 2 N–H and O–H groups in total. The molecule has 2 atom stereocenters. The van der Waals surface area contributed by atoms with E-state index in [-0.39, 0.29) is 31.3 Å². The molecule has 0 bridgehead atoms. The molecule has 1 saturated heterocycles. The Morgan fingerprint density at radius 1 is 1.11 bits per heavy atom. The molecule has 1 aliphatic heterocycles. The molecule has 140 valence electrons. The first-order valence-corrected chi connectivity index (χ1v) is 8.86. The number of nitrogens with zero attached hydrogens (tertiary/aromatic N) is 2. The van der Waals surface area contributed by atoms with Crippen LogP contribution in [0.15, 0.2) is 30.3 Å². The van der Waals surface area contributed by atoms with Gasteiger partial charge in [-0.2, -0.15) is 5.26 Å². The van der Waals surface area contributed by atoms with Gasteiger partial charge in [0.1, 0.15) is 6.04 Å². The van der Waals surface area contributed by atoms with Crippen LogP contribution in [0.3, 0.4) is 0 Å². The Morgan fingerprint density at radius 2 is 1.81 bits per heavy atom. The second kappa shape index (κ2) is 7.99. The number of nitriles is 1. The fraction of sp³-hybridized carbons (Fsp3) is 0.421. The minimum atomic E-state index is -0.767. The molecule has 2 unspecified atom stereocenters. The normalized spacial score (nSPS) is 21.2. The van der Waals surface area contributed by atoms with Gasteiger partial charge in [0.15, 0.2) is 0 Å². The van der Waals surface area contributed by atoms with Crippen molar-refractivity contribution in [3.63, 3.8) is 0 Å². The maximum atomic E-state index is 12.4. The van der Waals surface area contributed by atoms with Gasteiger partial charge in [0.25, 0.3) is 5.91 Å². The van der Waals surface area contributed by atoms with E-state index in [1.165, 1.54) is 4.90 Å². The van der Waals surface area contributed by atoms with Crippen molar-refractivity contribution >= 4 is 29.2 Å². The molecule has 1 heterocycles. The van der Waals surface area contributed by atoms with Crippen molar-refractivity contribution in [1.82, 2.24) is 10.2 Å². The molecule has 1 aromatic rings. The predicted molar refractivity (Wildman–Crippen MR) is 95.0 cm³/mol. The van der Waals surface area contributed by atoms with Crippen molar-refractivity contribution in [2.75, 3.05) is 18.4 Å². The van der Waals surface area contributed by atoms with Crippen LogP contribution in [0, 0.1) is 23.2 Å². The average Bonchev–Trinajstić information content (AvgIpc) is 3.44. The first-order valence-electron chi connectivity index (χ1n) is 8.86. The molecule has 3 amide bonds. The lowest BCUT2D eigenvalue weighted by Gasteiger charge is -2.19. The number of likely N-dealkylation sites (tertiary alicyclic amines) is 1. The average molecular weight is 368 g/mol. The first-order chi connectivity index (χ1) is 13.0. The van der Waals surface area contributed by atoms with E-state index in [0.717, 1.165) is 0 Å². The van der Waals surface area contributed by atoms with Gasteiger partial charge in [-0.1, -0.05) is 18.2 Å². The van der Waals surface area contributed by atoms with Gasteiger partial charge in [-0.25, -0.2) is 0 Å². The van der Waals surface area contributed by atoms with Gasteiger partial charge in [0.2, 0.25) is 17.6 Å². The van der Waals surface area contributed by atoms with E-state index >= 15 is 0 Å². The number of para-hydroxylation sites is 1. The Labute approximate surface area is 156 Å². The van der Waals surface area contributed by atoms with E-state index in [1.54, 1.807) is 24.3 Å². The molecular formula is C19H20N4O4. The maximum Gasteiger partial charge on any atom is 0.288 e. The maximum absolute atomic E-state index is 12.4. The molecule has 3 rings (SSSR count). The Balaban J connectivity index is 1.54. The highest BCUT2D eigenvalue weighted by Crippen LogP contribution is 2.29. The Kier molecular flexibility index (Phi) is 5.50. The smallest absolute Gasteiger partial charge is 0.288 e. The van der Waals surface area contributed by atoms with Crippen LogP contribution in [0.2, 0.25) is 0 Å². The summed E-state index contributed by atoms with van der Waals surface area (Å²) in [6.45, 7) is -0.259. The summed E-state index contributed by atoms with van der Waals surface area (Å²) in [6.07, 6.45) is 1.65. The van der Waals surface area contributed by atoms with Gasteiger partial charge < -0.3 is 15.5 Å². The topological polar surface area (TPSA) is 119 Å². The van der Waals surface area contributed by atoms with Crippen LogP contribution < -0.4 is 10.6 Å². The van der Waals surface area contributed by atoms with Gasteiger partial charge in [0.05, 0.1) is 18.5 Å². The van der Waals surface area contributed by atoms with Crippen molar-refractivity contribution in [3.05, 3.63) is 30.3 Å². The SMILES string of the molecule is N#CC1CC(C(=O)Nc2ccccc2)CN1C(=O)CNC(=O)C(=O)C1CC1. The quantitative estimate of drug-likeness (QED) is 0.707. The van der Waals surface area contributed by atoms with Crippen molar-refractivity contribution in [3.8, 4) is 6.07 Å². The molecule has 0 radical (unpaired) electrons. The molecule has 1 saturated carbocycles. The Morgan fingerprint density at radius 3 is 2.44 bits per heavy atom. The summed E-state index contributed by atoms with van der Waals surface area (Å²) in [5.41, 5.74) is 0.645. The number of amides is 3. The number of benzene rings is 1. The van der Waals surface area contributed by atoms with Gasteiger partial charge in [-0.15, -0.1) is 0 Å². The van der Waals surface area contributed by atoms with Crippen molar-refractivity contribution < 1.29 is 19.2 Å². The molecule has 1 aromatic carbocycles. The van der Waals surface area contributed by atoms with Crippen LogP contribution in [0.25, 0.3) is 0 Å². The zero-order valence-corrected chi connectivity index (χ0v) is 14.7. The monoisotopic (exact) mass is 368 g/mol. The Bertz CT molecular complexity index is 798. The highest BCUT2D eigenvalue weighted by atomic mass is 16.2. The standard InChI is InChI=1S/C19H20N4O4/c20-9-15-8-13(18(26)22-14-4-2-1-3-5-14)11-23(15)16(24)10-21-19(27)17(25)12-6-7-12/h1-5,12-13,15H,6-8,10-11H2,(H,21,27)(H,22,26). The van der Waals surface area contributed by atoms with Crippen molar-refractivity contribution in [2.24, 2.45) is 11.8 Å². The zero-order chi connectivity index (χ0) is 19.4. The number of carbonyl (C=O) groups is 4. The van der Waals surface area contributed by atoms with Crippen molar-refractivity contribution in [1.29, 1.82) is 5.26 Å². The predicted octanol–water partition coefficient (Wildman–Crippen LogP) is 0.461. The van der Waals surface area contributed by atoms with E-state index in [9.17, 15) is 24.4 Å². The number of ketones is 1. The lowest BCUT2D eigenvalue weighted by Crippen LogP contribution is -2.44. The molecule has 0 spiro atoms. The van der Waals surface area contributed by atoms with Gasteiger partial charge >= 0.3 is 0 Å². The summed E-state index contributed by atoms with van der Waals surface area (Å²) < 4.78 is 0. The number of anilines is 1. The molecule has 2 aliphatic rings. The largest absolute Gasteiger partial charge is 0.340 e. The summed E-state index contributed by atoms with van der Waals surface area (Å²) in [5, 5.41) is 14.4. The van der Waals surface area contributed by atoms with Crippen LogP contribution >= 0.6 is 0 Å². The molecule has 8 nitrogen and oxygen atoms in total. The molecule has 1 aliphatic carbocycles. The number of rotatable bonds is 6. The number of hydrogen-bond donors (Lipinski definition) is 2. The van der Waals surface area contributed by atoms with Gasteiger partial charge in [-0.05, 0) is 31.4 Å². The van der Waals surface area contributed by atoms with E-state index in [2.05, 4.69) is 10.6 Å². The molecule has 0 aromatic heterocycles. The number of Topliss-reactive ketones (excluding diaryl/α,β-unsaturated/α-hetero) is 1. The summed E-state index contributed by atoms with van der Waals surface area (Å²) in [6, 6.07) is 10.2. The highest BCUT2D eigenvalue weighted by Gasteiger charge is 2.39. The van der Waals surface area contributed by atoms with Gasteiger partial charge in [0, 0.05) is 18.2 Å². The van der Waals surface area contributed by atoms with Crippen LogP contribution in [0.4, 0.5) is 5.69 Å². The lowest BCUT2D eigenvalue weighted by atomic mass is 10.1. The summed E-state index contributed by atoms with van der Waals surface area (Å²) >= 11 is 0. The van der Waals surface area contributed by atoms with Crippen LogP contribution in [0.1, 0.15) is 19.3 Å². The third-order valence-corrected chi connectivity index (χ3v) is 4.75. The highest BCUT2D eigenvalue weighted by molar-refractivity contribution is 6.37. The molecule has 27 heavy (non-hydrogen) atoms. The second-order valence-corrected chi connectivity index (χ2v) is 6.80. The minimum Gasteiger partial charge on any atom is -0.340 e. The number of carbonyl (C=O) groups excluding carboxylic acids is 4. The summed E-state index contributed by atoms with van der Waals surface area (Å²) in [7, 11) is 0. The van der Waals surface area contributed by atoms with Crippen LogP contribution in [0.5, 0.6) is 0 Å². The first kappa shape index (κ1) is 18.6. The van der Waals surface area contributed by atoms with Gasteiger partial charge in [-0.3, -0.25) is 19.2 Å². The Hall–Kier alpha value is -3.21. The van der Waals surface area contributed by atoms with E-state index < -0.39 is 29.6 Å². The van der Waals surface area contributed by atoms with Crippen LogP contribution in [-0.4, -0.2) is 47.5 Å². The van der Waals surface area contributed by atoms with E-state index in [4.69, 9.17) is 0 Å². The third kappa shape index (κ3) is 4.50. The summed E-state index contributed by atoms with van der Waals surface area (Å²) in [4.78, 5) is 49.4. The molecule has 2 fully saturated rings. The second-order valence-electron chi connectivity index (χ2n) is 6.80. The van der Waals surface area contributed by atoms with Crippen LogP contribution in [-0.2, 0) is 19.2 Å². The minimum absolute atomic E-state index is 0.0994. The van der Waals surface area contributed by atoms with E-state index in [0.29, 0.717) is 18.5 Å². The zero-order valence-electron chi connectivity index (χ0n) is 14.7. The fourth-order valence-electron chi connectivity index (χ4n) is 3.07. The number of nitrogens with one attached hydrogen (secondary N) is 2. The lowest BCUT2D eigenvalue weighted by molar-refractivity contribution is -0.140. The molecular weight excluding hydrogens is 348 g/mol. The fourth-order valence-corrected chi connectivity index (χ4v) is 3.07. The molecule has 8 heteroatoms. The summed E-state index contributed by atoms with van der Waals surface area (Å²) in [5.74, 6) is -2.73. The number of hydrogen-bond acceptors (Lipinski definition) is 5. The van der Waals surface area contributed by atoms with Crippen molar-refractivity contribution in [2.45, 2.75) is 25.3 Å².